The number of nitrogens with zero attached hydrogens (tertiary/aromatic N) is 4. The summed E-state index contributed by atoms with van der Waals surface area (Å²) in [6.07, 6.45) is 3.77. The van der Waals surface area contributed by atoms with Crippen molar-refractivity contribution in [3.05, 3.63) is 53.2 Å². The highest BCUT2D eigenvalue weighted by atomic mass is 35.5. The Labute approximate surface area is 186 Å². The Morgan fingerprint density at radius 2 is 1.73 bits per heavy atom. The molecule has 2 fully saturated rings. The van der Waals surface area contributed by atoms with Crippen LogP contribution in [0.4, 0.5) is 5.69 Å². The predicted octanol–water partition coefficient (Wildman–Crippen LogP) is 3.41. The number of amides is 2. The predicted molar refractivity (Wildman–Crippen MR) is 120 cm³/mol. The van der Waals surface area contributed by atoms with Gasteiger partial charge >= 0.3 is 0 Å². The molecule has 0 N–H and O–H groups in total. The van der Waals surface area contributed by atoms with Crippen molar-refractivity contribution in [3.8, 4) is 0 Å². The molecule has 4 rings (SSSR count). The second-order valence-corrected chi connectivity index (χ2v) is 8.95. The van der Waals surface area contributed by atoms with E-state index in [9.17, 15) is 9.59 Å². The average Bonchev–Trinajstić information content (AvgIpc) is 3.32. The SMILES string of the molecule is O=C(CSc1ccc(C(=O)N2CCCC2)cn1)N1CCN(c2cccc(Cl)c2)CC1. The first-order chi connectivity index (χ1) is 14.6. The number of carbonyl (C=O) groups excluding carboxylic acids is 2. The summed E-state index contributed by atoms with van der Waals surface area (Å²) >= 11 is 7.50. The van der Waals surface area contributed by atoms with Gasteiger partial charge in [0.15, 0.2) is 0 Å². The lowest BCUT2D eigenvalue weighted by Crippen LogP contribution is -2.49. The van der Waals surface area contributed by atoms with E-state index in [1.165, 1.54) is 11.8 Å². The van der Waals surface area contributed by atoms with Crippen LogP contribution in [0.5, 0.6) is 0 Å². The topological polar surface area (TPSA) is 56.8 Å². The zero-order valence-electron chi connectivity index (χ0n) is 16.8. The number of piperazine rings is 1. The Morgan fingerprint density at radius 3 is 2.40 bits per heavy atom. The van der Waals surface area contributed by atoms with Crippen LogP contribution in [-0.2, 0) is 4.79 Å². The summed E-state index contributed by atoms with van der Waals surface area (Å²) in [4.78, 5) is 35.4. The molecule has 0 atom stereocenters. The number of benzene rings is 1. The Hall–Kier alpha value is -2.25. The highest BCUT2D eigenvalue weighted by Crippen LogP contribution is 2.22. The molecule has 2 amide bonds. The number of hydrogen-bond donors (Lipinski definition) is 0. The molecular weight excluding hydrogens is 420 g/mol. The van der Waals surface area contributed by atoms with Gasteiger partial charge in [0.1, 0.15) is 0 Å². The van der Waals surface area contributed by atoms with E-state index in [4.69, 9.17) is 11.6 Å². The first-order valence-corrected chi connectivity index (χ1v) is 11.6. The van der Waals surface area contributed by atoms with Gasteiger partial charge in [-0.1, -0.05) is 29.4 Å². The van der Waals surface area contributed by atoms with E-state index in [-0.39, 0.29) is 11.8 Å². The minimum absolute atomic E-state index is 0.0465. The van der Waals surface area contributed by atoms with E-state index in [0.29, 0.717) is 24.4 Å². The molecule has 0 spiro atoms. The summed E-state index contributed by atoms with van der Waals surface area (Å²) in [6.45, 7) is 4.64. The van der Waals surface area contributed by atoms with Gasteiger partial charge in [0.05, 0.1) is 16.3 Å². The molecule has 2 aromatic rings. The van der Waals surface area contributed by atoms with Crippen LogP contribution < -0.4 is 4.90 Å². The number of aromatic nitrogens is 1. The standard InChI is InChI=1S/C22H25ClN4O2S/c23-18-4-3-5-19(14-18)25-10-12-26(13-11-25)21(28)16-30-20-7-6-17(15-24-20)22(29)27-8-1-2-9-27/h3-7,14-15H,1-2,8-13,16H2. The summed E-state index contributed by atoms with van der Waals surface area (Å²) in [6, 6.07) is 11.5. The second kappa shape index (κ2) is 9.71. The summed E-state index contributed by atoms with van der Waals surface area (Å²) in [5, 5.41) is 1.49. The third kappa shape index (κ3) is 5.08. The van der Waals surface area contributed by atoms with Crippen LogP contribution in [0, 0.1) is 0 Å². The van der Waals surface area contributed by atoms with Gasteiger partial charge in [0.2, 0.25) is 5.91 Å². The van der Waals surface area contributed by atoms with Crippen LogP contribution in [0.1, 0.15) is 23.2 Å². The Kier molecular flexibility index (Phi) is 6.79. The second-order valence-electron chi connectivity index (χ2n) is 7.52. The summed E-state index contributed by atoms with van der Waals surface area (Å²) in [7, 11) is 0. The summed E-state index contributed by atoms with van der Waals surface area (Å²) in [5.74, 6) is 0.513. The molecule has 30 heavy (non-hydrogen) atoms. The van der Waals surface area contributed by atoms with Crippen molar-refractivity contribution < 1.29 is 9.59 Å². The number of rotatable bonds is 5. The normalized spacial score (nSPS) is 16.8. The summed E-state index contributed by atoms with van der Waals surface area (Å²) in [5.41, 5.74) is 1.71. The zero-order chi connectivity index (χ0) is 20.9. The van der Waals surface area contributed by atoms with Crippen molar-refractivity contribution in [2.75, 3.05) is 49.9 Å². The van der Waals surface area contributed by atoms with Crippen molar-refractivity contribution in [2.24, 2.45) is 0 Å². The van der Waals surface area contributed by atoms with E-state index in [1.807, 2.05) is 46.2 Å². The smallest absolute Gasteiger partial charge is 0.255 e. The average molecular weight is 445 g/mol. The summed E-state index contributed by atoms with van der Waals surface area (Å²) < 4.78 is 0. The highest BCUT2D eigenvalue weighted by molar-refractivity contribution is 7.99. The lowest BCUT2D eigenvalue weighted by atomic mass is 10.2. The van der Waals surface area contributed by atoms with Crippen LogP contribution in [0.15, 0.2) is 47.6 Å². The zero-order valence-corrected chi connectivity index (χ0v) is 18.4. The van der Waals surface area contributed by atoms with Crippen LogP contribution >= 0.6 is 23.4 Å². The molecule has 0 aliphatic carbocycles. The molecule has 1 aromatic carbocycles. The highest BCUT2D eigenvalue weighted by Gasteiger charge is 2.22. The number of carbonyl (C=O) groups is 2. The van der Waals surface area contributed by atoms with Crippen LogP contribution in [0.2, 0.25) is 5.02 Å². The molecule has 1 aromatic heterocycles. The minimum atomic E-state index is 0.0465. The van der Waals surface area contributed by atoms with Crippen molar-refractivity contribution >= 4 is 40.9 Å². The Morgan fingerprint density at radius 1 is 0.967 bits per heavy atom. The van der Waals surface area contributed by atoms with Crippen molar-refractivity contribution in [2.45, 2.75) is 17.9 Å². The molecular formula is C22H25ClN4O2S. The maximum atomic E-state index is 12.6. The first kappa shape index (κ1) is 21.0. The number of pyridine rings is 1. The monoisotopic (exact) mass is 444 g/mol. The maximum absolute atomic E-state index is 12.6. The third-order valence-electron chi connectivity index (χ3n) is 5.53. The first-order valence-electron chi connectivity index (χ1n) is 10.3. The van der Waals surface area contributed by atoms with Gasteiger partial charge in [0.25, 0.3) is 5.91 Å². The number of anilines is 1. The van der Waals surface area contributed by atoms with Gasteiger partial charge in [-0.05, 0) is 43.2 Å². The van der Waals surface area contributed by atoms with Gasteiger partial charge in [0, 0.05) is 56.2 Å². The molecule has 2 aliphatic heterocycles. The minimum Gasteiger partial charge on any atom is -0.368 e. The number of halogens is 1. The van der Waals surface area contributed by atoms with E-state index in [0.717, 1.165) is 54.8 Å². The lowest BCUT2D eigenvalue weighted by Gasteiger charge is -2.36. The van der Waals surface area contributed by atoms with E-state index in [2.05, 4.69) is 9.88 Å². The molecule has 0 saturated carbocycles. The van der Waals surface area contributed by atoms with Gasteiger partial charge in [-0.15, -0.1) is 0 Å². The molecule has 2 aliphatic rings. The van der Waals surface area contributed by atoms with E-state index >= 15 is 0 Å². The van der Waals surface area contributed by atoms with E-state index < -0.39 is 0 Å². The van der Waals surface area contributed by atoms with Gasteiger partial charge in [-0.2, -0.15) is 0 Å². The number of likely N-dealkylation sites (tertiary alicyclic amines) is 1. The molecule has 158 valence electrons. The quantitative estimate of drug-likeness (QED) is 0.661. The molecule has 3 heterocycles. The fourth-order valence-electron chi connectivity index (χ4n) is 3.81. The van der Waals surface area contributed by atoms with Gasteiger partial charge in [-0.3, -0.25) is 9.59 Å². The lowest BCUT2D eigenvalue weighted by molar-refractivity contribution is -0.128. The Balaban J connectivity index is 1.24. The fourth-order valence-corrected chi connectivity index (χ4v) is 4.74. The van der Waals surface area contributed by atoms with Crippen molar-refractivity contribution in [1.29, 1.82) is 0 Å². The van der Waals surface area contributed by atoms with E-state index in [1.54, 1.807) is 6.20 Å². The number of hydrogen-bond acceptors (Lipinski definition) is 5. The van der Waals surface area contributed by atoms with Crippen molar-refractivity contribution in [1.82, 2.24) is 14.8 Å². The molecule has 0 bridgehead atoms. The third-order valence-corrected chi connectivity index (χ3v) is 6.69. The molecule has 6 nitrogen and oxygen atoms in total. The molecule has 0 unspecified atom stereocenters. The maximum Gasteiger partial charge on any atom is 0.255 e. The Bertz CT molecular complexity index is 894. The molecule has 8 heteroatoms. The van der Waals surface area contributed by atoms with Gasteiger partial charge < -0.3 is 14.7 Å². The number of thioether (sulfide) groups is 1. The van der Waals surface area contributed by atoms with Crippen LogP contribution in [-0.4, -0.2) is 71.6 Å². The van der Waals surface area contributed by atoms with Crippen LogP contribution in [0.25, 0.3) is 0 Å². The molecule has 2 saturated heterocycles. The van der Waals surface area contributed by atoms with Gasteiger partial charge in [-0.25, -0.2) is 4.98 Å². The fraction of sp³-hybridized carbons (Fsp3) is 0.409. The van der Waals surface area contributed by atoms with Crippen LogP contribution in [0.3, 0.4) is 0 Å². The largest absolute Gasteiger partial charge is 0.368 e. The molecule has 0 radical (unpaired) electrons. The van der Waals surface area contributed by atoms with Crippen molar-refractivity contribution in [3.63, 3.8) is 0 Å².